The fourth-order valence-electron chi connectivity index (χ4n) is 4.13. The monoisotopic (exact) mass is 550 g/mol. The minimum absolute atomic E-state index is 0.00282. The van der Waals surface area contributed by atoms with E-state index in [9.17, 15) is 18.0 Å². The van der Waals surface area contributed by atoms with Gasteiger partial charge in [-0.2, -0.15) is 23.3 Å². The molecule has 9 nitrogen and oxygen atoms in total. The van der Waals surface area contributed by atoms with E-state index >= 15 is 0 Å². The molecule has 5 rings (SSSR count). The predicted molar refractivity (Wildman–Crippen MR) is 146 cm³/mol. The van der Waals surface area contributed by atoms with E-state index < -0.39 is 18.3 Å². The Balaban J connectivity index is 1.83. The Labute approximate surface area is 226 Å². The maximum absolute atomic E-state index is 14.0. The number of methoxy groups -OCH3 is 1. The van der Waals surface area contributed by atoms with Crippen molar-refractivity contribution in [1.29, 1.82) is 0 Å². The Kier molecular flexibility index (Phi) is 7.01. The van der Waals surface area contributed by atoms with Gasteiger partial charge in [-0.1, -0.05) is 19.9 Å². The van der Waals surface area contributed by atoms with E-state index in [0.717, 1.165) is 10.9 Å². The molecule has 40 heavy (non-hydrogen) atoms. The maximum atomic E-state index is 14.0. The molecule has 0 radical (unpaired) electrons. The molecule has 0 saturated heterocycles. The zero-order valence-corrected chi connectivity index (χ0v) is 22.1. The molecule has 3 aromatic heterocycles. The minimum Gasteiger partial charge on any atom is -0.497 e. The lowest BCUT2D eigenvalue weighted by atomic mass is 10.1. The van der Waals surface area contributed by atoms with Gasteiger partial charge in [-0.15, -0.1) is 0 Å². The first-order valence-electron chi connectivity index (χ1n) is 12.3. The van der Waals surface area contributed by atoms with Crippen LogP contribution in [-0.2, 0) is 7.05 Å². The maximum Gasteiger partial charge on any atom is 0.422 e. The number of rotatable bonds is 7. The summed E-state index contributed by atoms with van der Waals surface area (Å²) in [5.74, 6) is 0.248. The molecule has 12 heteroatoms. The summed E-state index contributed by atoms with van der Waals surface area (Å²) in [7, 11) is 3.31. The highest BCUT2D eigenvalue weighted by molar-refractivity contribution is 5.90. The highest BCUT2D eigenvalue weighted by Crippen LogP contribution is 2.32. The van der Waals surface area contributed by atoms with Crippen molar-refractivity contribution in [3.63, 3.8) is 0 Å². The molecule has 0 N–H and O–H groups in total. The average Bonchev–Trinajstić information content (AvgIpc) is 3.29. The van der Waals surface area contributed by atoms with E-state index in [4.69, 9.17) is 9.47 Å². The largest absolute Gasteiger partial charge is 0.497 e. The summed E-state index contributed by atoms with van der Waals surface area (Å²) < 4.78 is 52.1. The normalized spacial score (nSPS) is 12.2. The molecule has 0 aliphatic rings. The van der Waals surface area contributed by atoms with Gasteiger partial charge in [0.2, 0.25) is 5.88 Å². The minimum atomic E-state index is -4.58. The highest BCUT2D eigenvalue weighted by Gasteiger charge is 2.29. The molecule has 0 spiro atoms. The number of aromatic nitrogens is 5. The second-order valence-corrected chi connectivity index (χ2v) is 9.45. The number of hydrogen-bond acceptors (Lipinski definition) is 7. The number of hydrogen-bond donors (Lipinski definition) is 0. The van der Waals surface area contributed by atoms with Crippen LogP contribution in [0.5, 0.6) is 11.6 Å². The zero-order chi connectivity index (χ0) is 28.6. The molecular formula is C28H25F3N6O3. The van der Waals surface area contributed by atoms with Crippen LogP contribution in [-0.4, -0.2) is 50.4 Å². The molecule has 0 bridgehead atoms. The van der Waals surface area contributed by atoms with Crippen molar-refractivity contribution in [2.45, 2.75) is 20.0 Å². The first-order valence-corrected chi connectivity index (χ1v) is 12.3. The summed E-state index contributed by atoms with van der Waals surface area (Å²) >= 11 is 0. The van der Waals surface area contributed by atoms with Crippen LogP contribution in [0.1, 0.15) is 13.8 Å². The fourth-order valence-corrected chi connectivity index (χ4v) is 4.13. The van der Waals surface area contributed by atoms with E-state index in [1.54, 1.807) is 54.3 Å². The average molecular weight is 551 g/mol. The molecule has 0 unspecified atom stereocenters. The Morgan fingerprint density at radius 1 is 1.07 bits per heavy atom. The SMILES string of the molecule is COc1ccc(-n2c(=O)c(-c3ccc4nn(C)cc4c3)nc3c(/N=C/C(C)C)cc(OCC(F)(F)F)nc32)cc1. The second kappa shape index (κ2) is 10.4. The third-order valence-electron chi connectivity index (χ3n) is 5.89. The first kappa shape index (κ1) is 26.9. The lowest BCUT2D eigenvalue weighted by molar-refractivity contribution is -0.154. The van der Waals surface area contributed by atoms with E-state index in [1.165, 1.54) is 17.7 Å². The standard InChI is InChI=1S/C28H25F3N6O3/c1-16(2)13-32-22-12-23(40-15-28(29,30)31)33-26-25(22)34-24(17-5-10-21-18(11-17)14-36(3)35-21)27(38)37(26)19-6-8-20(39-4)9-7-19/h5-14,16H,15H2,1-4H3/b32-13+. The predicted octanol–water partition coefficient (Wildman–Crippen LogP) is 5.64. The van der Waals surface area contributed by atoms with Crippen LogP contribution in [0.15, 0.2) is 64.5 Å². The van der Waals surface area contributed by atoms with Crippen LogP contribution in [0.2, 0.25) is 0 Å². The van der Waals surface area contributed by atoms with Gasteiger partial charge in [0.25, 0.3) is 5.56 Å². The van der Waals surface area contributed by atoms with Crippen molar-refractivity contribution < 1.29 is 22.6 Å². The zero-order valence-electron chi connectivity index (χ0n) is 22.1. The number of pyridine rings is 1. The molecule has 0 aliphatic heterocycles. The third kappa shape index (κ3) is 5.51. The molecular weight excluding hydrogens is 525 g/mol. The lowest BCUT2D eigenvalue weighted by Crippen LogP contribution is -2.24. The van der Waals surface area contributed by atoms with E-state index in [0.29, 0.717) is 17.0 Å². The summed E-state index contributed by atoms with van der Waals surface area (Å²) in [6, 6.07) is 13.3. The second-order valence-electron chi connectivity index (χ2n) is 9.45. The topological polar surface area (TPSA) is 96.4 Å². The Morgan fingerprint density at radius 2 is 1.82 bits per heavy atom. The molecule has 0 aliphatic carbocycles. The van der Waals surface area contributed by atoms with Crippen molar-refractivity contribution >= 4 is 34.0 Å². The molecule has 5 aromatic rings. The Bertz CT molecular complexity index is 1790. The Hall–Kier alpha value is -4.74. The number of nitrogens with zero attached hydrogens (tertiary/aromatic N) is 6. The van der Waals surface area contributed by atoms with Gasteiger partial charge in [-0.3, -0.25) is 19.0 Å². The summed E-state index contributed by atoms with van der Waals surface area (Å²) in [6.45, 7) is 2.26. The number of aryl methyl sites for hydroxylation is 1. The molecule has 0 amide bonds. The molecule has 3 heterocycles. The third-order valence-corrected chi connectivity index (χ3v) is 5.89. The van der Waals surface area contributed by atoms with Gasteiger partial charge in [0.05, 0.1) is 24.0 Å². The highest BCUT2D eigenvalue weighted by atomic mass is 19.4. The van der Waals surface area contributed by atoms with Crippen LogP contribution in [0, 0.1) is 5.92 Å². The summed E-state index contributed by atoms with van der Waals surface area (Å²) in [5.41, 5.74) is 1.69. The number of fused-ring (bicyclic) bond motifs is 2. The van der Waals surface area contributed by atoms with E-state index in [2.05, 4.69) is 20.1 Å². The summed E-state index contributed by atoms with van der Waals surface area (Å²) in [5, 5.41) is 5.19. The lowest BCUT2D eigenvalue weighted by Gasteiger charge is -2.15. The van der Waals surface area contributed by atoms with Gasteiger partial charge in [-0.05, 0) is 42.3 Å². The molecule has 0 saturated carbocycles. The van der Waals surface area contributed by atoms with Crippen LogP contribution >= 0.6 is 0 Å². The first-order chi connectivity index (χ1) is 19.0. The van der Waals surface area contributed by atoms with Crippen LogP contribution in [0.3, 0.4) is 0 Å². The summed E-state index contributed by atoms with van der Waals surface area (Å²) in [4.78, 5) is 27.5. The van der Waals surface area contributed by atoms with E-state index in [-0.39, 0.29) is 34.3 Å². The molecule has 2 aromatic carbocycles. The van der Waals surface area contributed by atoms with Gasteiger partial charge < -0.3 is 9.47 Å². The number of halogens is 3. The van der Waals surface area contributed by atoms with Gasteiger partial charge in [0.1, 0.15) is 17.0 Å². The van der Waals surface area contributed by atoms with Gasteiger partial charge in [0.15, 0.2) is 12.3 Å². The fraction of sp³-hybridized carbons (Fsp3) is 0.250. The van der Waals surface area contributed by atoms with Crippen molar-refractivity contribution in [2.75, 3.05) is 13.7 Å². The summed E-state index contributed by atoms with van der Waals surface area (Å²) in [6.07, 6.45) is -1.12. The number of ether oxygens (including phenoxy) is 2. The smallest absolute Gasteiger partial charge is 0.422 e. The van der Waals surface area contributed by atoms with Crippen LogP contribution in [0.25, 0.3) is 39.0 Å². The van der Waals surface area contributed by atoms with E-state index in [1.807, 2.05) is 26.1 Å². The van der Waals surface area contributed by atoms with Crippen LogP contribution in [0.4, 0.5) is 18.9 Å². The number of benzene rings is 2. The van der Waals surface area contributed by atoms with Crippen molar-refractivity contribution in [2.24, 2.45) is 18.0 Å². The molecule has 206 valence electrons. The van der Waals surface area contributed by atoms with Crippen molar-refractivity contribution in [1.82, 2.24) is 24.3 Å². The number of aliphatic imine (C=N–C) groups is 1. The number of alkyl halides is 3. The molecule has 0 fully saturated rings. The van der Waals surface area contributed by atoms with Gasteiger partial charge >= 0.3 is 6.18 Å². The van der Waals surface area contributed by atoms with Gasteiger partial charge in [0, 0.05) is 36.5 Å². The molecule has 0 atom stereocenters. The van der Waals surface area contributed by atoms with Gasteiger partial charge in [-0.25, -0.2) is 4.98 Å². The van der Waals surface area contributed by atoms with Crippen molar-refractivity contribution in [3.8, 4) is 28.6 Å². The Morgan fingerprint density at radius 3 is 2.50 bits per heavy atom. The van der Waals surface area contributed by atoms with Crippen molar-refractivity contribution in [3.05, 3.63) is 65.1 Å². The van der Waals surface area contributed by atoms with Crippen LogP contribution < -0.4 is 15.0 Å². The quantitative estimate of drug-likeness (QED) is 0.243.